The first-order valence-corrected chi connectivity index (χ1v) is 4.64. The Kier molecular flexibility index (Phi) is 2.79. The van der Waals surface area contributed by atoms with Crippen molar-refractivity contribution in [3.63, 3.8) is 0 Å². The maximum absolute atomic E-state index is 10.4. The maximum Gasteiger partial charge on any atom is 0.747 e. The SMILES string of the molecule is Cc1cccc(O[P+](=O)O)c1C. The zero-order chi connectivity index (χ0) is 9.14. The van der Waals surface area contributed by atoms with Gasteiger partial charge < -0.3 is 0 Å². The van der Waals surface area contributed by atoms with Crippen LogP contribution in [0.2, 0.25) is 0 Å². The molecule has 0 amide bonds. The normalized spacial score (nSPS) is 11.1. The molecule has 1 aromatic rings. The van der Waals surface area contributed by atoms with E-state index in [-0.39, 0.29) is 0 Å². The second-order valence-corrected chi connectivity index (χ2v) is 3.19. The molecule has 0 radical (unpaired) electrons. The van der Waals surface area contributed by atoms with Crippen LogP contribution in [0.15, 0.2) is 18.2 Å². The van der Waals surface area contributed by atoms with Crippen molar-refractivity contribution >= 4 is 8.25 Å². The Balaban J connectivity index is 3.00. The number of aryl methyl sites for hydroxylation is 1. The van der Waals surface area contributed by atoms with Gasteiger partial charge >= 0.3 is 8.25 Å². The van der Waals surface area contributed by atoms with E-state index in [2.05, 4.69) is 0 Å². The van der Waals surface area contributed by atoms with E-state index in [4.69, 9.17) is 9.42 Å². The number of hydrogen-bond donors (Lipinski definition) is 1. The minimum atomic E-state index is -2.56. The van der Waals surface area contributed by atoms with Gasteiger partial charge in [-0.15, -0.1) is 4.89 Å². The molecule has 64 valence electrons. The molecule has 0 saturated carbocycles. The molecule has 1 atom stereocenters. The van der Waals surface area contributed by atoms with Gasteiger partial charge in [0.1, 0.15) is 0 Å². The molecule has 12 heavy (non-hydrogen) atoms. The lowest BCUT2D eigenvalue weighted by Gasteiger charge is -2.00. The van der Waals surface area contributed by atoms with Gasteiger partial charge in [-0.05, 0) is 25.5 Å². The summed E-state index contributed by atoms with van der Waals surface area (Å²) in [4.78, 5) is 8.51. The topological polar surface area (TPSA) is 46.5 Å². The third kappa shape index (κ3) is 2.03. The molecular weight excluding hydrogens is 175 g/mol. The molecule has 0 fully saturated rings. The van der Waals surface area contributed by atoms with Crippen LogP contribution in [0.1, 0.15) is 11.1 Å². The molecule has 0 aliphatic heterocycles. The molecule has 0 heterocycles. The Hall–Kier alpha value is -0.920. The van der Waals surface area contributed by atoms with Crippen LogP contribution in [-0.2, 0) is 4.57 Å². The highest BCUT2D eigenvalue weighted by Crippen LogP contribution is 2.27. The highest BCUT2D eigenvalue weighted by atomic mass is 31.1. The van der Waals surface area contributed by atoms with E-state index >= 15 is 0 Å². The van der Waals surface area contributed by atoms with Crippen molar-refractivity contribution in [2.75, 3.05) is 0 Å². The number of hydrogen-bond acceptors (Lipinski definition) is 2. The lowest BCUT2D eigenvalue weighted by atomic mass is 10.1. The van der Waals surface area contributed by atoms with Crippen LogP contribution in [0, 0.1) is 13.8 Å². The summed E-state index contributed by atoms with van der Waals surface area (Å²) in [6.07, 6.45) is 0. The Morgan fingerprint density at radius 2 is 2.08 bits per heavy atom. The lowest BCUT2D eigenvalue weighted by molar-refractivity contribution is 0.409. The zero-order valence-electron chi connectivity index (χ0n) is 6.94. The second kappa shape index (κ2) is 3.65. The van der Waals surface area contributed by atoms with E-state index in [0.29, 0.717) is 5.75 Å². The van der Waals surface area contributed by atoms with Gasteiger partial charge in [0.05, 0.1) is 0 Å². The van der Waals surface area contributed by atoms with E-state index < -0.39 is 8.25 Å². The predicted molar refractivity (Wildman–Crippen MR) is 46.4 cm³/mol. The van der Waals surface area contributed by atoms with Crippen molar-refractivity contribution in [1.82, 2.24) is 0 Å². The van der Waals surface area contributed by atoms with E-state index in [1.54, 1.807) is 12.1 Å². The van der Waals surface area contributed by atoms with E-state index in [9.17, 15) is 4.57 Å². The van der Waals surface area contributed by atoms with Crippen LogP contribution in [0.4, 0.5) is 0 Å². The molecule has 4 heteroatoms. The van der Waals surface area contributed by atoms with Crippen LogP contribution in [-0.4, -0.2) is 4.89 Å². The van der Waals surface area contributed by atoms with E-state index in [0.717, 1.165) is 11.1 Å². The first-order chi connectivity index (χ1) is 5.61. The Morgan fingerprint density at radius 1 is 1.42 bits per heavy atom. The standard InChI is InChI=1S/C8H9O3P/c1-6-4-3-5-8(7(6)2)11-12(9)10/h3-5H,1-2H3/p+1. The van der Waals surface area contributed by atoms with Crippen molar-refractivity contribution in [2.24, 2.45) is 0 Å². The summed E-state index contributed by atoms with van der Waals surface area (Å²) >= 11 is 0. The van der Waals surface area contributed by atoms with Crippen LogP contribution in [0.3, 0.4) is 0 Å². The van der Waals surface area contributed by atoms with Gasteiger partial charge in [0.2, 0.25) is 0 Å². The molecule has 0 aliphatic carbocycles. The fourth-order valence-electron chi connectivity index (χ4n) is 0.907. The molecule has 1 unspecified atom stereocenters. The third-order valence-corrected chi connectivity index (χ3v) is 2.08. The van der Waals surface area contributed by atoms with Crippen molar-refractivity contribution in [1.29, 1.82) is 0 Å². The van der Waals surface area contributed by atoms with Gasteiger partial charge in [-0.3, -0.25) is 0 Å². The molecule has 0 bridgehead atoms. The molecular formula is C8H10O3P+. The molecule has 0 aromatic heterocycles. The van der Waals surface area contributed by atoms with Crippen molar-refractivity contribution in [3.8, 4) is 5.75 Å². The average Bonchev–Trinajstić information content (AvgIpc) is 1.98. The van der Waals surface area contributed by atoms with Gasteiger partial charge in [-0.2, -0.15) is 0 Å². The summed E-state index contributed by atoms with van der Waals surface area (Å²) < 4.78 is 15.0. The van der Waals surface area contributed by atoms with Crippen LogP contribution in [0.25, 0.3) is 0 Å². The number of benzene rings is 1. The van der Waals surface area contributed by atoms with Crippen molar-refractivity contribution < 1.29 is 14.0 Å². The number of rotatable bonds is 2. The Labute approximate surface area is 71.9 Å². The summed E-state index contributed by atoms with van der Waals surface area (Å²) in [6, 6.07) is 5.38. The fraction of sp³-hybridized carbons (Fsp3) is 0.250. The van der Waals surface area contributed by atoms with Gasteiger partial charge in [-0.25, -0.2) is 4.52 Å². The molecule has 0 spiro atoms. The minimum Gasteiger partial charge on any atom is -0.229 e. The highest BCUT2D eigenvalue weighted by Gasteiger charge is 2.16. The van der Waals surface area contributed by atoms with E-state index in [1.807, 2.05) is 19.9 Å². The molecule has 3 nitrogen and oxygen atoms in total. The van der Waals surface area contributed by atoms with Crippen LogP contribution in [0.5, 0.6) is 5.75 Å². The fourth-order valence-corrected chi connectivity index (χ4v) is 1.27. The first kappa shape index (κ1) is 9.17. The Morgan fingerprint density at radius 3 is 2.67 bits per heavy atom. The van der Waals surface area contributed by atoms with Gasteiger partial charge in [0.15, 0.2) is 5.75 Å². The van der Waals surface area contributed by atoms with Crippen molar-refractivity contribution in [2.45, 2.75) is 13.8 Å². The quantitative estimate of drug-likeness (QED) is 0.719. The predicted octanol–water partition coefficient (Wildman–Crippen LogP) is 2.33. The minimum absolute atomic E-state index is 0.471. The molecule has 0 aliphatic rings. The summed E-state index contributed by atoms with van der Waals surface area (Å²) in [6.45, 7) is 3.77. The van der Waals surface area contributed by atoms with Crippen molar-refractivity contribution in [3.05, 3.63) is 29.3 Å². The van der Waals surface area contributed by atoms with Gasteiger partial charge in [0, 0.05) is 10.1 Å². The monoisotopic (exact) mass is 185 g/mol. The smallest absolute Gasteiger partial charge is 0.229 e. The molecule has 1 aromatic carbocycles. The van der Waals surface area contributed by atoms with Gasteiger partial charge in [0.25, 0.3) is 0 Å². The molecule has 0 saturated heterocycles. The summed E-state index contributed by atoms with van der Waals surface area (Å²) in [7, 11) is -2.56. The van der Waals surface area contributed by atoms with Crippen LogP contribution >= 0.6 is 8.25 Å². The first-order valence-electron chi connectivity index (χ1n) is 3.51. The second-order valence-electron chi connectivity index (χ2n) is 2.53. The Bertz CT molecular complexity index is 309. The summed E-state index contributed by atoms with van der Waals surface area (Å²) in [5.74, 6) is 0.471. The third-order valence-electron chi connectivity index (χ3n) is 1.73. The average molecular weight is 185 g/mol. The van der Waals surface area contributed by atoms with Crippen LogP contribution < -0.4 is 4.52 Å². The lowest BCUT2D eigenvalue weighted by Crippen LogP contribution is -1.87. The summed E-state index contributed by atoms with van der Waals surface area (Å²) in [5.41, 5.74) is 1.94. The molecule has 1 N–H and O–H groups in total. The molecule has 1 rings (SSSR count). The maximum atomic E-state index is 10.4. The van der Waals surface area contributed by atoms with E-state index in [1.165, 1.54) is 0 Å². The largest absolute Gasteiger partial charge is 0.747 e. The highest BCUT2D eigenvalue weighted by molar-refractivity contribution is 7.32. The summed E-state index contributed by atoms with van der Waals surface area (Å²) in [5, 5.41) is 0. The van der Waals surface area contributed by atoms with Gasteiger partial charge in [-0.1, -0.05) is 12.1 Å². The zero-order valence-corrected chi connectivity index (χ0v) is 7.84.